The Hall–Kier alpha value is -2.68. The maximum atomic E-state index is 12.3. The SMILES string of the molecule is Cn1c(=O)c2c(ncn2CCOC(=O)CCc2ccsc2)n(C)c1=O. The van der Waals surface area contributed by atoms with Crippen LogP contribution in [0.2, 0.25) is 0 Å². The van der Waals surface area contributed by atoms with Crippen LogP contribution in [-0.2, 0) is 36.6 Å². The van der Waals surface area contributed by atoms with E-state index in [1.807, 2.05) is 16.8 Å². The van der Waals surface area contributed by atoms with Crippen molar-refractivity contribution >= 4 is 28.5 Å². The van der Waals surface area contributed by atoms with Gasteiger partial charge in [-0.3, -0.25) is 18.7 Å². The second kappa shape index (κ2) is 7.06. The Kier molecular flexibility index (Phi) is 4.84. The molecular weight excluding hydrogens is 344 g/mol. The van der Waals surface area contributed by atoms with E-state index in [-0.39, 0.29) is 12.6 Å². The molecule has 0 atom stereocenters. The van der Waals surface area contributed by atoms with E-state index in [0.29, 0.717) is 30.6 Å². The van der Waals surface area contributed by atoms with Gasteiger partial charge >= 0.3 is 11.7 Å². The molecule has 0 spiro atoms. The van der Waals surface area contributed by atoms with Crippen molar-refractivity contribution in [2.24, 2.45) is 14.1 Å². The minimum absolute atomic E-state index is 0.139. The van der Waals surface area contributed by atoms with Gasteiger partial charge < -0.3 is 9.30 Å². The third-order valence-electron chi connectivity index (χ3n) is 4.01. The fraction of sp³-hybridized carbons (Fsp3) is 0.375. The smallest absolute Gasteiger partial charge is 0.332 e. The summed E-state index contributed by atoms with van der Waals surface area (Å²) in [6.07, 6.45) is 2.45. The van der Waals surface area contributed by atoms with Crippen LogP contribution in [-0.4, -0.2) is 31.3 Å². The zero-order valence-electron chi connectivity index (χ0n) is 14.0. The predicted octanol–water partition coefficient (Wildman–Crippen LogP) is 0.671. The summed E-state index contributed by atoms with van der Waals surface area (Å²) in [5.74, 6) is -0.282. The van der Waals surface area contributed by atoms with Gasteiger partial charge in [0.2, 0.25) is 0 Å². The molecule has 0 aliphatic rings. The summed E-state index contributed by atoms with van der Waals surface area (Å²) in [5.41, 5.74) is 0.907. The van der Waals surface area contributed by atoms with Crippen LogP contribution in [0, 0.1) is 0 Å². The van der Waals surface area contributed by atoms with Gasteiger partial charge in [-0.2, -0.15) is 11.3 Å². The number of fused-ring (bicyclic) bond motifs is 1. The molecule has 0 aliphatic heterocycles. The van der Waals surface area contributed by atoms with E-state index < -0.39 is 11.2 Å². The summed E-state index contributed by atoms with van der Waals surface area (Å²) in [6.45, 7) is 0.439. The first-order valence-electron chi connectivity index (χ1n) is 7.76. The third-order valence-corrected chi connectivity index (χ3v) is 4.74. The second-order valence-electron chi connectivity index (χ2n) is 5.67. The number of esters is 1. The number of carbonyl (C=O) groups excluding carboxylic acids is 1. The lowest BCUT2D eigenvalue weighted by atomic mass is 10.2. The van der Waals surface area contributed by atoms with Gasteiger partial charge in [-0.1, -0.05) is 0 Å². The molecule has 3 aromatic rings. The molecular formula is C16H18N4O4S. The Morgan fingerprint density at radius 2 is 2.08 bits per heavy atom. The number of nitrogens with zero attached hydrogens (tertiary/aromatic N) is 4. The van der Waals surface area contributed by atoms with Crippen LogP contribution in [0.25, 0.3) is 11.2 Å². The number of hydrogen-bond acceptors (Lipinski definition) is 6. The standard InChI is InChI=1S/C16H18N4O4S/c1-18-14-13(15(22)19(2)16(18)23)20(10-17-14)6-7-24-12(21)4-3-11-5-8-25-9-11/h5,8-10H,3-4,6-7H2,1-2H3. The quantitative estimate of drug-likeness (QED) is 0.602. The van der Waals surface area contributed by atoms with E-state index in [2.05, 4.69) is 4.98 Å². The molecule has 3 rings (SSSR count). The normalized spacial score (nSPS) is 11.1. The molecule has 3 aromatic heterocycles. The molecule has 3 heterocycles. The lowest BCUT2D eigenvalue weighted by molar-refractivity contribution is -0.143. The fourth-order valence-corrected chi connectivity index (χ4v) is 3.28. The van der Waals surface area contributed by atoms with Crippen LogP contribution in [0.3, 0.4) is 0 Å². The number of thiophene rings is 1. The molecule has 0 aromatic carbocycles. The molecule has 0 saturated carbocycles. The predicted molar refractivity (Wildman–Crippen MR) is 93.8 cm³/mol. The van der Waals surface area contributed by atoms with E-state index in [4.69, 9.17) is 4.74 Å². The van der Waals surface area contributed by atoms with Gasteiger partial charge in [0.05, 0.1) is 12.9 Å². The first kappa shape index (κ1) is 17.2. The number of hydrogen-bond donors (Lipinski definition) is 0. The highest BCUT2D eigenvalue weighted by molar-refractivity contribution is 7.07. The summed E-state index contributed by atoms with van der Waals surface area (Å²) in [4.78, 5) is 40.1. The maximum absolute atomic E-state index is 12.3. The number of ether oxygens (including phenoxy) is 1. The first-order valence-corrected chi connectivity index (χ1v) is 8.71. The zero-order chi connectivity index (χ0) is 18.0. The van der Waals surface area contributed by atoms with Crippen LogP contribution in [0.15, 0.2) is 32.7 Å². The Labute approximate surface area is 146 Å². The minimum Gasteiger partial charge on any atom is -0.464 e. The molecule has 0 amide bonds. The molecule has 8 nitrogen and oxygen atoms in total. The van der Waals surface area contributed by atoms with Crippen molar-refractivity contribution in [3.63, 3.8) is 0 Å². The highest BCUT2D eigenvalue weighted by atomic mass is 32.1. The van der Waals surface area contributed by atoms with Gasteiger partial charge in [-0.25, -0.2) is 9.78 Å². The highest BCUT2D eigenvalue weighted by Gasteiger charge is 2.14. The van der Waals surface area contributed by atoms with Gasteiger partial charge in [-0.15, -0.1) is 0 Å². The Bertz CT molecular complexity index is 1010. The lowest BCUT2D eigenvalue weighted by Crippen LogP contribution is -2.37. The van der Waals surface area contributed by atoms with Crippen molar-refractivity contribution in [1.82, 2.24) is 18.7 Å². The number of aryl methyl sites for hydroxylation is 2. The summed E-state index contributed by atoms with van der Waals surface area (Å²) < 4.78 is 9.18. The monoisotopic (exact) mass is 362 g/mol. The maximum Gasteiger partial charge on any atom is 0.332 e. The molecule has 0 unspecified atom stereocenters. The van der Waals surface area contributed by atoms with Crippen molar-refractivity contribution in [1.29, 1.82) is 0 Å². The van der Waals surface area contributed by atoms with Crippen LogP contribution < -0.4 is 11.2 Å². The molecule has 0 N–H and O–H groups in total. The van der Waals surface area contributed by atoms with E-state index in [1.54, 1.807) is 23.0 Å². The van der Waals surface area contributed by atoms with Gasteiger partial charge in [-0.05, 0) is 28.8 Å². The lowest BCUT2D eigenvalue weighted by Gasteiger charge is -2.07. The summed E-state index contributed by atoms with van der Waals surface area (Å²) in [6, 6.07) is 1.98. The van der Waals surface area contributed by atoms with Crippen molar-refractivity contribution in [3.05, 3.63) is 49.6 Å². The summed E-state index contributed by atoms with van der Waals surface area (Å²) in [5, 5.41) is 3.98. The van der Waals surface area contributed by atoms with Crippen molar-refractivity contribution in [2.45, 2.75) is 19.4 Å². The van der Waals surface area contributed by atoms with Crippen LogP contribution in [0.1, 0.15) is 12.0 Å². The van der Waals surface area contributed by atoms with Gasteiger partial charge in [0.15, 0.2) is 11.2 Å². The van der Waals surface area contributed by atoms with E-state index in [9.17, 15) is 14.4 Å². The number of rotatable bonds is 6. The van der Waals surface area contributed by atoms with E-state index >= 15 is 0 Å². The number of imidazole rings is 1. The number of carbonyl (C=O) groups is 1. The van der Waals surface area contributed by atoms with Crippen molar-refractivity contribution < 1.29 is 9.53 Å². The van der Waals surface area contributed by atoms with Crippen LogP contribution >= 0.6 is 11.3 Å². The van der Waals surface area contributed by atoms with Gasteiger partial charge in [0.25, 0.3) is 5.56 Å². The molecule has 0 bridgehead atoms. The van der Waals surface area contributed by atoms with E-state index in [1.165, 1.54) is 17.9 Å². The van der Waals surface area contributed by atoms with Gasteiger partial charge in [0.1, 0.15) is 6.61 Å². The highest BCUT2D eigenvalue weighted by Crippen LogP contribution is 2.09. The minimum atomic E-state index is -0.428. The van der Waals surface area contributed by atoms with E-state index in [0.717, 1.165) is 10.1 Å². The van der Waals surface area contributed by atoms with Crippen molar-refractivity contribution in [3.8, 4) is 0 Å². The molecule has 132 valence electrons. The molecule has 25 heavy (non-hydrogen) atoms. The Morgan fingerprint density at radius 1 is 1.28 bits per heavy atom. The fourth-order valence-electron chi connectivity index (χ4n) is 2.58. The first-order chi connectivity index (χ1) is 12.0. The van der Waals surface area contributed by atoms with Crippen molar-refractivity contribution in [2.75, 3.05) is 6.61 Å². The van der Waals surface area contributed by atoms with Gasteiger partial charge in [0, 0.05) is 20.5 Å². The topological polar surface area (TPSA) is 88.1 Å². The second-order valence-corrected chi connectivity index (χ2v) is 6.45. The molecule has 0 radical (unpaired) electrons. The van der Waals surface area contributed by atoms with Crippen LogP contribution in [0.4, 0.5) is 0 Å². The molecule has 9 heteroatoms. The number of aromatic nitrogens is 4. The Balaban J connectivity index is 1.65. The largest absolute Gasteiger partial charge is 0.464 e. The zero-order valence-corrected chi connectivity index (χ0v) is 14.8. The molecule has 0 fully saturated rings. The summed E-state index contributed by atoms with van der Waals surface area (Å²) >= 11 is 1.59. The van der Waals surface area contributed by atoms with Crippen LogP contribution in [0.5, 0.6) is 0 Å². The average Bonchev–Trinajstić information content (AvgIpc) is 3.26. The molecule has 0 saturated heterocycles. The average molecular weight is 362 g/mol. The summed E-state index contributed by atoms with van der Waals surface area (Å²) in [7, 11) is 2.98. The third kappa shape index (κ3) is 3.41. The molecule has 0 aliphatic carbocycles. The Morgan fingerprint density at radius 3 is 2.80 bits per heavy atom.